The normalized spacial score (nSPS) is 29.5. The van der Waals surface area contributed by atoms with E-state index in [1.54, 1.807) is 12.1 Å². The van der Waals surface area contributed by atoms with Gasteiger partial charge in [-0.15, -0.1) is 0 Å². The summed E-state index contributed by atoms with van der Waals surface area (Å²) in [6, 6.07) is 15.7. The number of rotatable bonds is 7. The molecule has 0 unspecified atom stereocenters. The molecule has 4 N–H and O–H groups in total. The molecular weight excluding hydrogens is 633 g/mol. The summed E-state index contributed by atoms with van der Waals surface area (Å²) < 4.78 is 19.9. The fraction of sp³-hybridized carbons (Fsp3) is 0.342. The number of phenolic OH excluding ortho intramolecular Hbond substituents is 1. The maximum Gasteiger partial charge on any atom is 0.339 e. The molecule has 1 amide bonds. The van der Waals surface area contributed by atoms with Crippen molar-refractivity contribution in [2.75, 3.05) is 5.32 Å². The first kappa shape index (κ1) is 32.0. The predicted octanol–water partition coefficient (Wildman–Crippen LogP) is 6.89. The van der Waals surface area contributed by atoms with E-state index < -0.39 is 34.4 Å². The number of carboxylic acids is 1. The third-order valence-electron chi connectivity index (χ3n) is 10.7. The highest BCUT2D eigenvalue weighted by Crippen LogP contribution is 2.72. The Balaban J connectivity index is 1.16. The zero-order valence-electron chi connectivity index (χ0n) is 26.4. The Bertz CT molecular complexity index is 1970. The average molecular weight is 668 g/mol. The Labute approximate surface area is 281 Å². The molecule has 4 fully saturated rings. The largest absolute Gasteiger partial charge is 0.506 e. The fourth-order valence-electron chi connectivity index (χ4n) is 8.73. The van der Waals surface area contributed by atoms with Gasteiger partial charge in [0.05, 0.1) is 16.6 Å². The van der Waals surface area contributed by atoms with Crippen LogP contribution in [-0.2, 0) is 14.3 Å². The number of carbonyl (C=O) groups is 3. The number of Topliss-reactive ketones (excluding diaryl/α,β-unsaturated/α-hetero) is 1. The lowest BCUT2D eigenvalue weighted by Crippen LogP contribution is -2.57. The number of benzene rings is 3. The first-order valence-corrected chi connectivity index (χ1v) is 16.7. The van der Waals surface area contributed by atoms with Crippen molar-refractivity contribution in [1.82, 2.24) is 0 Å². The van der Waals surface area contributed by atoms with Gasteiger partial charge >= 0.3 is 5.97 Å². The van der Waals surface area contributed by atoms with Gasteiger partial charge in [0.2, 0.25) is 5.91 Å². The number of ketones is 1. The van der Waals surface area contributed by atoms with Crippen molar-refractivity contribution in [2.24, 2.45) is 22.7 Å². The summed E-state index contributed by atoms with van der Waals surface area (Å²) in [5.41, 5.74) is -0.886. The molecule has 10 heteroatoms. The maximum absolute atomic E-state index is 14.6. The van der Waals surface area contributed by atoms with E-state index in [1.165, 1.54) is 23.9 Å². The van der Waals surface area contributed by atoms with Crippen molar-refractivity contribution in [3.63, 3.8) is 0 Å². The number of halogens is 1. The fourth-order valence-corrected chi connectivity index (χ4v) is 9.94. The van der Waals surface area contributed by atoms with Crippen molar-refractivity contribution < 1.29 is 38.8 Å². The summed E-state index contributed by atoms with van der Waals surface area (Å²) in [6.07, 6.45) is 4.69. The third-order valence-corrected chi connectivity index (χ3v) is 11.7. The number of ether oxygens (including phenoxy) is 1. The number of carboxylic acid groups (broad SMARTS) is 1. The van der Waals surface area contributed by atoms with Crippen LogP contribution < -0.4 is 5.32 Å². The number of carbonyl (C=O) groups excluding carboxylic acids is 2. The van der Waals surface area contributed by atoms with Gasteiger partial charge in [0.15, 0.2) is 11.5 Å². The lowest BCUT2D eigenvalue weighted by molar-refractivity contribution is -0.169. The van der Waals surface area contributed by atoms with Crippen LogP contribution in [0.2, 0.25) is 0 Å². The molecule has 6 atom stereocenters. The molecule has 2 aliphatic heterocycles. The van der Waals surface area contributed by atoms with Gasteiger partial charge in [0.1, 0.15) is 22.8 Å². The SMILES string of the molecule is C[C@]12C[C@@]34C=C(Sc5cccc(C#Cc6ccc(F)cc6)c5)C(=O)[C@@](C)(CCC(=O)Nc5c(O)ccc(C(=O)O)c5O)[C@@H]3[C@H](C[C@@H]1C4)O2. The van der Waals surface area contributed by atoms with E-state index in [2.05, 4.69) is 30.2 Å². The summed E-state index contributed by atoms with van der Waals surface area (Å²) in [4.78, 5) is 40.8. The zero-order valence-corrected chi connectivity index (χ0v) is 27.2. The minimum absolute atomic E-state index is 0.0696. The standard InChI is InChI=1S/C38H34FNO7S/c1-36(15-14-30(42)40-31-27(41)13-12-26(32(31)43)35(45)46)33-28-17-23-18-38(33,20-37(23,2)47-28)19-29(34(36)44)48-25-5-3-4-22(16-25)7-6-21-8-10-24(39)11-9-21/h3-5,8-13,16,19,23,28,33,41,43H,14-15,17-18,20H2,1-2H3,(H,40,42)(H,45,46)/t23-,28+,33+,36+,37+,38-/m1/s1. The Kier molecular flexibility index (Phi) is 7.68. The number of nitrogens with one attached hydrogen (secondary N) is 1. The molecule has 4 bridgehead atoms. The van der Waals surface area contributed by atoms with Crippen molar-refractivity contribution in [1.29, 1.82) is 0 Å². The smallest absolute Gasteiger partial charge is 0.339 e. The predicted molar refractivity (Wildman–Crippen MR) is 177 cm³/mol. The molecule has 3 aliphatic carbocycles. The molecule has 48 heavy (non-hydrogen) atoms. The van der Waals surface area contributed by atoms with E-state index in [9.17, 15) is 34.1 Å². The van der Waals surface area contributed by atoms with Crippen LogP contribution in [0, 0.1) is 40.3 Å². The summed E-state index contributed by atoms with van der Waals surface area (Å²) >= 11 is 1.39. The monoisotopic (exact) mass is 667 g/mol. The number of allylic oxidation sites excluding steroid dienone is 2. The number of amides is 1. The number of thioether (sulfide) groups is 1. The van der Waals surface area contributed by atoms with Crippen LogP contribution in [0.3, 0.4) is 0 Å². The first-order valence-electron chi connectivity index (χ1n) is 15.9. The van der Waals surface area contributed by atoms with E-state index in [0.717, 1.165) is 41.9 Å². The van der Waals surface area contributed by atoms with Crippen molar-refractivity contribution in [3.05, 3.63) is 94.2 Å². The minimum atomic E-state index is -1.41. The van der Waals surface area contributed by atoms with E-state index in [-0.39, 0.29) is 53.2 Å². The second-order valence-electron chi connectivity index (χ2n) is 13.8. The van der Waals surface area contributed by atoms with Crippen LogP contribution in [0.25, 0.3) is 0 Å². The Morgan fingerprint density at radius 1 is 1.06 bits per heavy atom. The van der Waals surface area contributed by atoms with Crippen LogP contribution in [0.5, 0.6) is 11.5 Å². The van der Waals surface area contributed by atoms with E-state index in [0.29, 0.717) is 16.4 Å². The zero-order chi connectivity index (χ0) is 34.0. The van der Waals surface area contributed by atoms with Crippen LogP contribution in [-0.4, -0.2) is 44.7 Å². The molecule has 5 aliphatic rings. The van der Waals surface area contributed by atoms with Gasteiger partial charge in [-0.3, -0.25) is 9.59 Å². The summed E-state index contributed by atoms with van der Waals surface area (Å²) in [7, 11) is 0. The van der Waals surface area contributed by atoms with Crippen molar-refractivity contribution in [3.8, 4) is 23.3 Å². The van der Waals surface area contributed by atoms with Crippen molar-refractivity contribution >= 4 is 35.1 Å². The number of phenols is 2. The topological polar surface area (TPSA) is 133 Å². The molecular formula is C38H34FNO7S. The molecule has 1 spiro atoms. The van der Waals surface area contributed by atoms with E-state index >= 15 is 0 Å². The quantitative estimate of drug-likeness (QED) is 0.158. The molecule has 3 aromatic rings. The molecule has 2 saturated carbocycles. The summed E-state index contributed by atoms with van der Waals surface area (Å²) in [5, 5.41) is 32.5. The summed E-state index contributed by atoms with van der Waals surface area (Å²) in [6.45, 7) is 4.09. The molecule has 0 aromatic heterocycles. The maximum atomic E-state index is 14.6. The van der Waals surface area contributed by atoms with Gasteiger partial charge in [-0.1, -0.05) is 42.7 Å². The lowest BCUT2D eigenvalue weighted by atomic mass is 9.51. The van der Waals surface area contributed by atoms with Gasteiger partial charge < -0.3 is 25.4 Å². The number of anilines is 1. The van der Waals surface area contributed by atoms with Crippen LogP contribution >= 0.6 is 11.8 Å². The van der Waals surface area contributed by atoms with Gasteiger partial charge in [-0.05, 0) is 98.5 Å². The highest BCUT2D eigenvalue weighted by Gasteiger charge is 2.72. The van der Waals surface area contributed by atoms with Crippen LogP contribution in [0.15, 0.2) is 76.5 Å². The minimum Gasteiger partial charge on any atom is -0.506 e. The molecule has 8 rings (SSSR count). The molecule has 2 saturated heterocycles. The molecule has 8 nitrogen and oxygen atoms in total. The van der Waals surface area contributed by atoms with Crippen LogP contribution in [0.4, 0.5) is 10.1 Å². The highest BCUT2D eigenvalue weighted by atomic mass is 32.2. The molecule has 3 aromatic carbocycles. The second kappa shape index (κ2) is 11.5. The molecule has 246 valence electrons. The number of hydrogen-bond donors (Lipinski definition) is 4. The van der Waals surface area contributed by atoms with E-state index in [1.807, 2.05) is 31.2 Å². The van der Waals surface area contributed by atoms with Crippen LogP contribution in [0.1, 0.15) is 67.4 Å². The van der Waals surface area contributed by atoms with Gasteiger partial charge in [0, 0.05) is 33.8 Å². The lowest BCUT2D eigenvalue weighted by Gasteiger charge is -2.56. The third kappa shape index (κ3) is 5.35. The van der Waals surface area contributed by atoms with E-state index in [4.69, 9.17) is 4.74 Å². The van der Waals surface area contributed by atoms with Gasteiger partial charge in [-0.2, -0.15) is 0 Å². The first-order chi connectivity index (χ1) is 22.8. The number of aromatic hydroxyl groups is 2. The number of aromatic carboxylic acids is 1. The Morgan fingerprint density at radius 2 is 1.81 bits per heavy atom. The molecule has 0 radical (unpaired) electrons. The van der Waals surface area contributed by atoms with Crippen molar-refractivity contribution in [2.45, 2.75) is 62.6 Å². The summed E-state index contributed by atoms with van der Waals surface area (Å²) in [5.74, 6) is 2.85. The Morgan fingerprint density at radius 3 is 2.54 bits per heavy atom. The molecule has 2 heterocycles. The highest BCUT2D eigenvalue weighted by molar-refractivity contribution is 8.04. The average Bonchev–Trinajstić information content (AvgIpc) is 3.41. The second-order valence-corrected chi connectivity index (χ2v) is 15.0. The van der Waals surface area contributed by atoms with Gasteiger partial charge in [-0.25, -0.2) is 9.18 Å². The Hall–Kier alpha value is -4.59. The van der Waals surface area contributed by atoms with Gasteiger partial charge in [0.25, 0.3) is 0 Å². The number of hydrogen-bond acceptors (Lipinski definition) is 7.